The van der Waals surface area contributed by atoms with Gasteiger partial charge in [0.2, 0.25) is 0 Å². The highest BCUT2D eigenvalue weighted by Crippen LogP contribution is 2.33. The number of nitrogens with two attached hydrogens (primary N) is 1. The number of halogens is 1. The summed E-state index contributed by atoms with van der Waals surface area (Å²) in [5, 5.41) is 0. The van der Waals surface area contributed by atoms with E-state index in [-0.39, 0.29) is 6.04 Å². The van der Waals surface area contributed by atoms with Crippen LogP contribution < -0.4 is 5.73 Å². The molecule has 0 spiro atoms. The van der Waals surface area contributed by atoms with Gasteiger partial charge in [-0.1, -0.05) is 33.6 Å². The zero-order valence-corrected chi connectivity index (χ0v) is 12.7. The minimum Gasteiger partial charge on any atom is -0.320 e. The van der Waals surface area contributed by atoms with Crippen molar-refractivity contribution in [2.45, 2.75) is 26.8 Å². The minimum atomic E-state index is -0.0389. The maximum atomic E-state index is 6.38. The third-order valence-corrected chi connectivity index (χ3v) is 4.81. The van der Waals surface area contributed by atoms with E-state index in [1.165, 1.54) is 20.9 Å². The predicted octanol–water partition coefficient (Wildman–Crippen LogP) is 4.48. The normalized spacial score (nSPS) is 12.8. The Kier molecular flexibility index (Phi) is 3.71. The summed E-state index contributed by atoms with van der Waals surface area (Å²) in [4.78, 5) is 2.57. The molecular weight excluding hydrogens is 294 g/mol. The average molecular weight is 310 g/mol. The molecule has 1 unspecified atom stereocenters. The lowest BCUT2D eigenvalue weighted by Gasteiger charge is -2.14. The molecule has 1 nitrogen and oxygen atoms in total. The largest absolute Gasteiger partial charge is 0.320 e. The molecule has 0 saturated carbocycles. The van der Waals surface area contributed by atoms with E-state index in [0.29, 0.717) is 0 Å². The van der Waals surface area contributed by atoms with Crippen molar-refractivity contribution in [1.29, 1.82) is 0 Å². The molecule has 0 saturated heterocycles. The minimum absolute atomic E-state index is 0.0389. The fraction of sp³-hybridized carbons (Fsp3) is 0.286. The highest BCUT2D eigenvalue weighted by Gasteiger charge is 2.16. The van der Waals surface area contributed by atoms with Crippen molar-refractivity contribution in [2.75, 3.05) is 0 Å². The molecule has 0 aliphatic rings. The van der Waals surface area contributed by atoms with Gasteiger partial charge in [-0.25, -0.2) is 0 Å². The van der Waals surface area contributed by atoms with Crippen LogP contribution in [0.3, 0.4) is 0 Å². The Labute approximate surface area is 115 Å². The first-order valence-electron chi connectivity index (χ1n) is 5.57. The Morgan fingerprint density at radius 3 is 2.47 bits per heavy atom. The van der Waals surface area contributed by atoms with Crippen LogP contribution in [-0.4, -0.2) is 0 Å². The maximum Gasteiger partial charge on any atom is 0.0659 e. The third kappa shape index (κ3) is 2.62. The van der Waals surface area contributed by atoms with Gasteiger partial charge in [0.25, 0.3) is 0 Å². The molecular formula is C14H16BrNS. The summed E-state index contributed by atoms with van der Waals surface area (Å²) in [6.45, 7) is 6.34. The zero-order chi connectivity index (χ0) is 12.6. The van der Waals surface area contributed by atoms with Crippen LogP contribution in [0.25, 0.3) is 0 Å². The van der Waals surface area contributed by atoms with E-state index >= 15 is 0 Å². The summed E-state index contributed by atoms with van der Waals surface area (Å²) >= 11 is 5.37. The fourth-order valence-corrected chi connectivity index (χ4v) is 3.56. The SMILES string of the molecule is Cc1ccc(Br)c(C(N)c2sc(C)cc2C)c1. The predicted molar refractivity (Wildman–Crippen MR) is 78.7 cm³/mol. The Hall–Kier alpha value is -0.640. The molecule has 1 aromatic carbocycles. The third-order valence-electron chi connectivity index (χ3n) is 2.85. The van der Waals surface area contributed by atoms with Crippen LogP contribution in [0.15, 0.2) is 28.7 Å². The standard InChI is InChI=1S/C14H16BrNS/c1-8-4-5-12(15)11(6-8)13(16)14-9(2)7-10(3)17-14/h4-7,13H,16H2,1-3H3. The van der Waals surface area contributed by atoms with E-state index in [4.69, 9.17) is 5.73 Å². The smallest absolute Gasteiger partial charge is 0.0659 e. The number of benzene rings is 1. The second-order valence-corrected chi connectivity index (χ2v) is 6.55. The lowest BCUT2D eigenvalue weighted by molar-refractivity contribution is 0.877. The zero-order valence-electron chi connectivity index (χ0n) is 10.3. The van der Waals surface area contributed by atoms with Gasteiger partial charge >= 0.3 is 0 Å². The van der Waals surface area contributed by atoms with Gasteiger partial charge < -0.3 is 5.73 Å². The first-order chi connectivity index (χ1) is 7.99. The van der Waals surface area contributed by atoms with E-state index in [0.717, 1.165) is 10.0 Å². The quantitative estimate of drug-likeness (QED) is 0.869. The average Bonchev–Trinajstić information content (AvgIpc) is 2.60. The van der Waals surface area contributed by atoms with E-state index < -0.39 is 0 Å². The summed E-state index contributed by atoms with van der Waals surface area (Å²) in [5.41, 5.74) is 10.1. The van der Waals surface area contributed by atoms with Crippen molar-refractivity contribution < 1.29 is 0 Å². The van der Waals surface area contributed by atoms with Gasteiger partial charge in [0, 0.05) is 14.2 Å². The molecule has 0 aliphatic heterocycles. The Bertz CT molecular complexity index is 545. The first-order valence-corrected chi connectivity index (χ1v) is 7.18. The second-order valence-electron chi connectivity index (χ2n) is 4.41. The highest BCUT2D eigenvalue weighted by atomic mass is 79.9. The molecule has 0 aliphatic carbocycles. The Balaban J connectivity index is 2.46. The molecule has 1 heterocycles. The number of aryl methyl sites for hydroxylation is 3. The van der Waals surface area contributed by atoms with E-state index in [2.05, 4.69) is 61.0 Å². The van der Waals surface area contributed by atoms with Crippen LogP contribution in [0.4, 0.5) is 0 Å². The van der Waals surface area contributed by atoms with Gasteiger partial charge in [-0.3, -0.25) is 0 Å². The second kappa shape index (κ2) is 4.92. The van der Waals surface area contributed by atoms with Gasteiger partial charge in [-0.15, -0.1) is 11.3 Å². The first kappa shape index (κ1) is 12.8. The summed E-state index contributed by atoms with van der Waals surface area (Å²) in [6.07, 6.45) is 0. The van der Waals surface area contributed by atoms with Crippen LogP contribution in [0, 0.1) is 20.8 Å². The van der Waals surface area contributed by atoms with Crippen LogP contribution in [0.2, 0.25) is 0 Å². The van der Waals surface area contributed by atoms with Gasteiger partial charge in [0.1, 0.15) is 0 Å². The van der Waals surface area contributed by atoms with Crippen molar-refractivity contribution in [3.8, 4) is 0 Å². The summed E-state index contributed by atoms with van der Waals surface area (Å²) in [6, 6.07) is 8.47. The monoisotopic (exact) mass is 309 g/mol. The topological polar surface area (TPSA) is 26.0 Å². The molecule has 2 rings (SSSR count). The van der Waals surface area contributed by atoms with Crippen molar-refractivity contribution in [2.24, 2.45) is 5.73 Å². The molecule has 1 aromatic heterocycles. The number of rotatable bonds is 2. The van der Waals surface area contributed by atoms with Crippen molar-refractivity contribution in [3.63, 3.8) is 0 Å². The van der Waals surface area contributed by atoms with Crippen LogP contribution in [0.1, 0.15) is 32.5 Å². The fourth-order valence-electron chi connectivity index (χ4n) is 2.01. The molecule has 1 atom stereocenters. The Morgan fingerprint density at radius 1 is 1.18 bits per heavy atom. The molecule has 17 heavy (non-hydrogen) atoms. The van der Waals surface area contributed by atoms with Crippen LogP contribution in [-0.2, 0) is 0 Å². The summed E-state index contributed by atoms with van der Waals surface area (Å²) in [7, 11) is 0. The maximum absolute atomic E-state index is 6.38. The molecule has 0 fully saturated rings. The van der Waals surface area contributed by atoms with Crippen molar-refractivity contribution >= 4 is 27.3 Å². The summed E-state index contributed by atoms with van der Waals surface area (Å²) in [5.74, 6) is 0. The van der Waals surface area contributed by atoms with E-state index in [1.807, 2.05) is 0 Å². The van der Waals surface area contributed by atoms with Gasteiger partial charge in [-0.2, -0.15) is 0 Å². The van der Waals surface area contributed by atoms with E-state index in [9.17, 15) is 0 Å². The highest BCUT2D eigenvalue weighted by molar-refractivity contribution is 9.10. The van der Waals surface area contributed by atoms with Crippen molar-refractivity contribution in [3.05, 3.63) is 55.2 Å². The number of thiophene rings is 1. The van der Waals surface area contributed by atoms with Crippen LogP contribution in [0.5, 0.6) is 0 Å². The molecule has 2 N–H and O–H groups in total. The number of hydrogen-bond donors (Lipinski definition) is 1. The summed E-state index contributed by atoms with van der Waals surface area (Å²) < 4.78 is 1.08. The molecule has 0 bridgehead atoms. The molecule has 0 amide bonds. The van der Waals surface area contributed by atoms with Crippen molar-refractivity contribution in [1.82, 2.24) is 0 Å². The van der Waals surface area contributed by atoms with Crippen LogP contribution >= 0.6 is 27.3 Å². The van der Waals surface area contributed by atoms with Gasteiger partial charge in [0.15, 0.2) is 0 Å². The lowest BCUT2D eigenvalue weighted by atomic mass is 10.0. The molecule has 2 aromatic rings. The Morgan fingerprint density at radius 2 is 1.88 bits per heavy atom. The van der Waals surface area contributed by atoms with Gasteiger partial charge in [-0.05, 0) is 44.0 Å². The van der Waals surface area contributed by atoms with Gasteiger partial charge in [0.05, 0.1) is 6.04 Å². The molecule has 0 radical (unpaired) electrons. The molecule has 90 valence electrons. The van der Waals surface area contributed by atoms with E-state index in [1.54, 1.807) is 11.3 Å². The lowest BCUT2D eigenvalue weighted by Crippen LogP contribution is -2.12. The molecule has 3 heteroatoms. The number of hydrogen-bond acceptors (Lipinski definition) is 2.